The summed E-state index contributed by atoms with van der Waals surface area (Å²) in [6.45, 7) is 2.98. The van der Waals surface area contributed by atoms with Crippen LogP contribution >= 0.6 is 0 Å². The van der Waals surface area contributed by atoms with Crippen molar-refractivity contribution in [2.24, 2.45) is 0 Å². The molecule has 1 fully saturated rings. The molecule has 138 valence electrons. The lowest BCUT2D eigenvalue weighted by molar-refractivity contribution is 0.0945. The molecule has 1 aromatic carbocycles. The molecular weight excluding hydrogens is 352 g/mol. The normalized spacial score (nSPS) is 15.6. The van der Waals surface area contributed by atoms with Crippen molar-refractivity contribution in [1.29, 1.82) is 0 Å². The van der Waals surface area contributed by atoms with Gasteiger partial charge in [-0.25, -0.2) is 13.4 Å². The van der Waals surface area contributed by atoms with E-state index in [0.29, 0.717) is 18.7 Å². The highest BCUT2D eigenvalue weighted by atomic mass is 32.2. The van der Waals surface area contributed by atoms with E-state index in [1.54, 1.807) is 31.2 Å². The molecule has 1 aromatic heterocycles. The minimum Gasteiger partial charge on any atom is -0.347 e. The number of carbonyl (C=O) groups is 1. The molecular formula is C18H22N4O3S. The third kappa shape index (κ3) is 4.08. The second-order valence-electron chi connectivity index (χ2n) is 6.30. The number of aromatic nitrogens is 2. The second kappa shape index (κ2) is 7.92. The van der Waals surface area contributed by atoms with E-state index in [-0.39, 0.29) is 23.0 Å². The summed E-state index contributed by atoms with van der Waals surface area (Å²) in [6, 6.07) is 6.78. The van der Waals surface area contributed by atoms with E-state index in [1.165, 1.54) is 16.7 Å². The molecule has 3 rings (SSSR count). The van der Waals surface area contributed by atoms with Crippen LogP contribution in [0.3, 0.4) is 0 Å². The minimum atomic E-state index is -3.56. The highest BCUT2D eigenvalue weighted by molar-refractivity contribution is 7.89. The van der Waals surface area contributed by atoms with Gasteiger partial charge in [0.2, 0.25) is 10.0 Å². The second-order valence-corrected chi connectivity index (χ2v) is 8.20. The third-order valence-electron chi connectivity index (χ3n) is 4.36. The summed E-state index contributed by atoms with van der Waals surface area (Å²) in [5.41, 5.74) is 1.48. The first-order valence-electron chi connectivity index (χ1n) is 8.63. The summed E-state index contributed by atoms with van der Waals surface area (Å²) in [6.07, 6.45) is 5.74. The number of piperidine rings is 1. The quantitative estimate of drug-likeness (QED) is 0.863. The number of carbonyl (C=O) groups excluding carboxylic acids is 1. The third-order valence-corrected chi connectivity index (χ3v) is 6.36. The molecule has 0 radical (unpaired) electrons. The molecule has 2 aromatic rings. The summed E-state index contributed by atoms with van der Waals surface area (Å²) in [4.78, 5) is 20.5. The van der Waals surface area contributed by atoms with Crippen molar-refractivity contribution in [2.75, 3.05) is 13.1 Å². The number of aryl methyl sites for hydroxylation is 1. The highest BCUT2D eigenvalue weighted by Crippen LogP contribution is 2.23. The van der Waals surface area contributed by atoms with Crippen LogP contribution in [0.1, 0.15) is 41.0 Å². The van der Waals surface area contributed by atoms with Gasteiger partial charge in [0.25, 0.3) is 5.91 Å². The van der Waals surface area contributed by atoms with Gasteiger partial charge >= 0.3 is 0 Å². The summed E-state index contributed by atoms with van der Waals surface area (Å²) < 4.78 is 27.4. The molecule has 0 saturated carbocycles. The van der Waals surface area contributed by atoms with Gasteiger partial charge in [-0.3, -0.25) is 9.78 Å². The van der Waals surface area contributed by atoms with E-state index in [1.807, 2.05) is 0 Å². The van der Waals surface area contributed by atoms with E-state index in [4.69, 9.17) is 0 Å². The van der Waals surface area contributed by atoms with Crippen molar-refractivity contribution in [2.45, 2.75) is 37.6 Å². The van der Waals surface area contributed by atoms with Gasteiger partial charge < -0.3 is 5.32 Å². The molecule has 7 nitrogen and oxygen atoms in total. The Morgan fingerprint density at radius 3 is 2.54 bits per heavy atom. The molecule has 0 spiro atoms. The first-order chi connectivity index (χ1) is 12.5. The maximum Gasteiger partial charge on any atom is 0.271 e. The van der Waals surface area contributed by atoms with Gasteiger partial charge in [0.1, 0.15) is 5.69 Å². The Morgan fingerprint density at radius 1 is 1.12 bits per heavy atom. The van der Waals surface area contributed by atoms with Gasteiger partial charge in [0.15, 0.2) is 0 Å². The molecule has 0 bridgehead atoms. The number of nitrogens with one attached hydrogen (secondary N) is 1. The van der Waals surface area contributed by atoms with Crippen LogP contribution in [0.5, 0.6) is 0 Å². The molecule has 1 saturated heterocycles. The topological polar surface area (TPSA) is 92.3 Å². The van der Waals surface area contributed by atoms with Crippen molar-refractivity contribution in [1.82, 2.24) is 19.6 Å². The van der Waals surface area contributed by atoms with E-state index < -0.39 is 10.0 Å². The number of hydrogen-bond acceptors (Lipinski definition) is 5. The monoisotopic (exact) mass is 374 g/mol. The van der Waals surface area contributed by atoms with Gasteiger partial charge in [-0.1, -0.05) is 24.6 Å². The molecule has 1 aliphatic rings. The standard InChI is InChI=1S/C18H22N4O3S/c1-14-11-20-16(13-19-14)18(23)21-12-15-7-3-4-8-17(15)26(24,25)22-9-5-2-6-10-22/h3-4,7-8,11,13H,2,5-6,9-10,12H2,1H3,(H,21,23). The molecule has 0 atom stereocenters. The van der Waals surface area contributed by atoms with Crippen LogP contribution in [0.2, 0.25) is 0 Å². The van der Waals surface area contributed by atoms with Crippen molar-refractivity contribution in [3.05, 3.63) is 53.6 Å². The first kappa shape index (κ1) is 18.5. The van der Waals surface area contributed by atoms with E-state index in [0.717, 1.165) is 25.0 Å². The smallest absolute Gasteiger partial charge is 0.271 e. The Kier molecular flexibility index (Phi) is 5.63. The van der Waals surface area contributed by atoms with Crippen LogP contribution in [0.25, 0.3) is 0 Å². The van der Waals surface area contributed by atoms with Crippen LogP contribution in [-0.4, -0.2) is 41.7 Å². The van der Waals surface area contributed by atoms with Crippen molar-refractivity contribution < 1.29 is 13.2 Å². The SMILES string of the molecule is Cc1cnc(C(=O)NCc2ccccc2S(=O)(=O)N2CCCCC2)cn1. The summed E-state index contributed by atoms with van der Waals surface area (Å²) in [7, 11) is -3.56. The predicted molar refractivity (Wildman–Crippen MR) is 97.0 cm³/mol. The van der Waals surface area contributed by atoms with E-state index >= 15 is 0 Å². The number of rotatable bonds is 5. The zero-order valence-corrected chi connectivity index (χ0v) is 15.5. The fourth-order valence-corrected chi connectivity index (χ4v) is 4.66. The number of benzene rings is 1. The van der Waals surface area contributed by atoms with E-state index in [9.17, 15) is 13.2 Å². The van der Waals surface area contributed by atoms with Crippen LogP contribution in [0.4, 0.5) is 0 Å². The van der Waals surface area contributed by atoms with Gasteiger partial charge in [0.05, 0.1) is 16.8 Å². The Morgan fingerprint density at radius 2 is 1.85 bits per heavy atom. The van der Waals surface area contributed by atoms with Gasteiger partial charge in [0, 0.05) is 25.8 Å². The molecule has 1 N–H and O–H groups in total. The van der Waals surface area contributed by atoms with Gasteiger partial charge in [-0.2, -0.15) is 4.31 Å². The molecule has 26 heavy (non-hydrogen) atoms. The lowest BCUT2D eigenvalue weighted by Crippen LogP contribution is -2.36. The van der Waals surface area contributed by atoms with Crippen LogP contribution in [0, 0.1) is 6.92 Å². The maximum atomic E-state index is 13.0. The Hall–Kier alpha value is -2.32. The number of hydrogen-bond donors (Lipinski definition) is 1. The predicted octanol–water partition coefficient (Wildman–Crippen LogP) is 1.89. The maximum absolute atomic E-state index is 13.0. The Labute approximate surface area is 153 Å². The average molecular weight is 374 g/mol. The lowest BCUT2D eigenvalue weighted by atomic mass is 10.2. The van der Waals surface area contributed by atoms with Gasteiger partial charge in [-0.15, -0.1) is 0 Å². The van der Waals surface area contributed by atoms with Crippen molar-refractivity contribution in [3.8, 4) is 0 Å². The molecule has 0 unspecified atom stereocenters. The zero-order chi connectivity index (χ0) is 18.6. The minimum absolute atomic E-state index is 0.109. The van der Waals surface area contributed by atoms with Crippen molar-refractivity contribution >= 4 is 15.9 Å². The largest absolute Gasteiger partial charge is 0.347 e. The number of nitrogens with zero attached hydrogens (tertiary/aromatic N) is 3. The van der Waals surface area contributed by atoms with Gasteiger partial charge in [-0.05, 0) is 31.4 Å². The molecule has 2 heterocycles. The van der Waals surface area contributed by atoms with Crippen LogP contribution in [0.15, 0.2) is 41.6 Å². The number of amides is 1. The summed E-state index contributed by atoms with van der Waals surface area (Å²) in [5, 5.41) is 2.73. The average Bonchev–Trinajstić information content (AvgIpc) is 2.67. The number of sulfonamides is 1. The fourth-order valence-electron chi connectivity index (χ4n) is 2.92. The first-order valence-corrected chi connectivity index (χ1v) is 10.1. The zero-order valence-electron chi connectivity index (χ0n) is 14.7. The van der Waals surface area contributed by atoms with Crippen LogP contribution < -0.4 is 5.32 Å². The Bertz CT molecular complexity index is 876. The summed E-state index contributed by atoms with van der Waals surface area (Å²) in [5.74, 6) is -0.386. The molecule has 1 amide bonds. The van der Waals surface area contributed by atoms with Crippen molar-refractivity contribution in [3.63, 3.8) is 0 Å². The highest BCUT2D eigenvalue weighted by Gasteiger charge is 2.27. The molecule has 8 heteroatoms. The summed E-state index contributed by atoms with van der Waals surface area (Å²) >= 11 is 0. The van der Waals surface area contributed by atoms with E-state index in [2.05, 4.69) is 15.3 Å². The molecule has 1 aliphatic heterocycles. The van der Waals surface area contributed by atoms with Crippen LogP contribution in [-0.2, 0) is 16.6 Å². The lowest BCUT2D eigenvalue weighted by Gasteiger charge is -2.26. The molecule has 0 aliphatic carbocycles. The fraction of sp³-hybridized carbons (Fsp3) is 0.389. The Balaban J connectivity index is 1.77.